The SMILES string of the molecule is CC(C)S(=O)(=O)c1ccc(CC(=O)N2CCC(Cn3cnc4ccccc43)CC2)cc1.O=C(O)C(=O)O. The molecular formula is C26H31N3O7S. The summed E-state index contributed by atoms with van der Waals surface area (Å²) in [5.74, 6) is -3.02. The quantitative estimate of drug-likeness (QED) is 0.464. The number of piperidine rings is 1. The Kier molecular flexibility index (Phi) is 9.04. The van der Waals surface area contributed by atoms with Crippen LogP contribution in [0.25, 0.3) is 11.0 Å². The molecule has 2 aromatic carbocycles. The van der Waals surface area contributed by atoms with Crippen LogP contribution in [0.2, 0.25) is 0 Å². The number of carbonyl (C=O) groups excluding carboxylic acids is 1. The monoisotopic (exact) mass is 529 g/mol. The van der Waals surface area contributed by atoms with Gasteiger partial charge < -0.3 is 19.7 Å². The van der Waals surface area contributed by atoms with Crippen LogP contribution in [0.15, 0.2) is 59.8 Å². The van der Waals surface area contributed by atoms with Gasteiger partial charge in [0.2, 0.25) is 5.91 Å². The van der Waals surface area contributed by atoms with Crippen LogP contribution < -0.4 is 0 Å². The third-order valence-corrected chi connectivity index (χ3v) is 8.53. The number of carboxylic acids is 2. The van der Waals surface area contributed by atoms with E-state index in [-0.39, 0.29) is 5.91 Å². The Balaban J connectivity index is 0.000000568. The van der Waals surface area contributed by atoms with Crippen molar-refractivity contribution in [3.05, 3.63) is 60.4 Å². The smallest absolute Gasteiger partial charge is 0.414 e. The second kappa shape index (κ2) is 12.0. The van der Waals surface area contributed by atoms with Crippen molar-refractivity contribution in [3.63, 3.8) is 0 Å². The summed E-state index contributed by atoms with van der Waals surface area (Å²) < 4.78 is 26.7. The van der Waals surface area contributed by atoms with Crippen molar-refractivity contribution in [1.82, 2.24) is 14.5 Å². The highest BCUT2D eigenvalue weighted by molar-refractivity contribution is 7.92. The second-order valence-electron chi connectivity index (χ2n) is 9.23. The van der Waals surface area contributed by atoms with E-state index in [4.69, 9.17) is 19.8 Å². The van der Waals surface area contributed by atoms with Gasteiger partial charge in [0.25, 0.3) is 0 Å². The number of rotatable bonds is 6. The minimum atomic E-state index is -3.29. The highest BCUT2D eigenvalue weighted by Gasteiger charge is 2.24. The van der Waals surface area contributed by atoms with E-state index in [1.54, 1.807) is 38.1 Å². The van der Waals surface area contributed by atoms with Crippen molar-refractivity contribution in [2.45, 2.75) is 49.8 Å². The maximum Gasteiger partial charge on any atom is 0.414 e. The summed E-state index contributed by atoms with van der Waals surface area (Å²) in [7, 11) is -3.29. The van der Waals surface area contributed by atoms with Crippen LogP contribution >= 0.6 is 0 Å². The number of carbonyl (C=O) groups is 3. The van der Waals surface area contributed by atoms with Gasteiger partial charge in [-0.2, -0.15) is 0 Å². The van der Waals surface area contributed by atoms with E-state index in [1.165, 1.54) is 0 Å². The zero-order valence-corrected chi connectivity index (χ0v) is 21.6. The van der Waals surface area contributed by atoms with Crippen LogP contribution in [0.4, 0.5) is 0 Å². The van der Waals surface area contributed by atoms with E-state index in [2.05, 4.69) is 15.6 Å². The van der Waals surface area contributed by atoms with Gasteiger partial charge >= 0.3 is 11.9 Å². The zero-order valence-electron chi connectivity index (χ0n) is 20.8. The molecular weight excluding hydrogens is 498 g/mol. The lowest BCUT2D eigenvalue weighted by molar-refractivity contribution is -0.159. The molecule has 0 unspecified atom stereocenters. The first-order chi connectivity index (χ1) is 17.5. The Hall–Kier alpha value is -3.73. The van der Waals surface area contributed by atoms with Crippen LogP contribution in [-0.2, 0) is 37.2 Å². The lowest BCUT2D eigenvalue weighted by atomic mass is 9.96. The maximum atomic E-state index is 12.7. The van der Waals surface area contributed by atoms with Gasteiger partial charge in [-0.15, -0.1) is 0 Å². The van der Waals surface area contributed by atoms with Crippen molar-refractivity contribution in [3.8, 4) is 0 Å². The fraction of sp³-hybridized carbons (Fsp3) is 0.385. The van der Waals surface area contributed by atoms with Gasteiger partial charge in [-0.3, -0.25) is 4.79 Å². The van der Waals surface area contributed by atoms with E-state index in [1.807, 2.05) is 29.4 Å². The highest BCUT2D eigenvalue weighted by Crippen LogP contribution is 2.23. The molecule has 1 amide bonds. The number of fused-ring (bicyclic) bond motifs is 1. The maximum absolute atomic E-state index is 12.7. The van der Waals surface area contributed by atoms with Crippen molar-refractivity contribution in [1.29, 1.82) is 0 Å². The summed E-state index contributed by atoms with van der Waals surface area (Å²) in [6.07, 6.45) is 4.16. The molecule has 2 heterocycles. The van der Waals surface area contributed by atoms with Crippen molar-refractivity contribution < 1.29 is 33.0 Å². The number of aliphatic carboxylic acids is 2. The van der Waals surface area contributed by atoms with E-state index < -0.39 is 27.0 Å². The Morgan fingerprint density at radius 3 is 2.14 bits per heavy atom. The van der Waals surface area contributed by atoms with E-state index in [0.29, 0.717) is 17.2 Å². The van der Waals surface area contributed by atoms with E-state index >= 15 is 0 Å². The molecule has 0 bridgehead atoms. The average Bonchev–Trinajstić information content (AvgIpc) is 3.28. The lowest BCUT2D eigenvalue weighted by Crippen LogP contribution is -2.40. The standard InChI is InChI=1S/C24H29N3O3S.C2H2O4/c1-18(2)31(29,30)21-9-7-19(8-10-21)15-24(28)26-13-11-20(12-14-26)16-27-17-25-22-5-3-4-6-23(22)27;3-1(4)2(5)6/h3-10,17-18,20H,11-16H2,1-2H3;(H,3,4)(H,5,6). The van der Waals surface area contributed by atoms with Crippen LogP contribution in [-0.4, -0.2) is 69.3 Å². The molecule has 1 fully saturated rings. The molecule has 37 heavy (non-hydrogen) atoms. The molecule has 0 saturated carbocycles. The van der Waals surface area contributed by atoms with Crippen LogP contribution in [0.1, 0.15) is 32.3 Å². The molecule has 0 spiro atoms. The molecule has 0 atom stereocenters. The number of benzene rings is 2. The largest absolute Gasteiger partial charge is 0.473 e. The first-order valence-corrected chi connectivity index (χ1v) is 13.5. The van der Waals surface area contributed by atoms with Gasteiger partial charge in [-0.1, -0.05) is 24.3 Å². The fourth-order valence-electron chi connectivity index (χ4n) is 4.15. The average molecular weight is 530 g/mol. The van der Waals surface area contributed by atoms with Crippen LogP contribution in [0, 0.1) is 5.92 Å². The predicted octanol–water partition coefficient (Wildman–Crippen LogP) is 2.86. The number of likely N-dealkylation sites (tertiary alicyclic amines) is 1. The van der Waals surface area contributed by atoms with Gasteiger partial charge in [0.15, 0.2) is 9.84 Å². The molecule has 3 aromatic rings. The Bertz CT molecular complexity index is 1340. The lowest BCUT2D eigenvalue weighted by Gasteiger charge is -2.32. The molecule has 1 aliphatic heterocycles. The first-order valence-electron chi connectivity index (χ1n) is 12.0. The minimum Gasteiger partial charge on any atom is -0.473 e. The number of para-hydroxylation sites is 2. The number of hydrogen-bond acceptors (Lipinski definition) is 6. The second-order valence-corrected chi connectivity index (χ2v) is 11.7. The van der Waals surface area contributed by atoms with Gasteiger partial charge in [0, 0.05) is 19.6 Å². The van der Waals surface area contributed by atoms with Crippen molar-refractivity contribution in [2.75, 3.05) is 13.1 Å². The molecule has 198 valence electrons. The van der Waals surface area contributed by atoms with E-state index in [9.17, 15) is 13.2 Å². The Labute approximate surface area is 215 Å². The molecule has 0 aliphatic carbocycles. The topological polar surface area (TPSA) is 147 Å². The number of sulfone groups is 1. The third-order valence-electron chi connectivity index (χ3n) is 6.36. The van der Waals surface area contributed by atoms with Crippen LogP contribution in [0.3, 0.4) is 0 Å². The zero-order chi connectivity index (χ0) is 27.2. The normalized spacial score (nSPS) is 14.3. The molecule has 4 rings (SSSR count). The summed E-state index contributed by atoms with van der Waals surface area (Å²) in [5, 5.41) is 14.3. The summed E-state index contributed by atoms with van der Waals surface area (Å²) in [5.41, 5.74) is 3.02. The van der Waals surface area contributed by atoms with E-state index in [0.717, 1.165) is 49.1 Å². The van der Waals surface area contributed by atoms with Gasteiger partial charge in [0.1, 0.15) is 0 Å². The van der Waals surface area contributed by atoms with Crippen molar-refractivity contribution >= 4 is 38.7 Å². The van der Waals surface area contributed by atoms with Gasteiger partial charge in [0.05, 0.1) is 33.9 Å². The predicted molar refractivity (Wildman–Crippen MR) is 137 cm³/mol. The Morgan fingerprint density at radius 1 is 0.973 bits per heavy atom. The van der Waals surface area contributed by atoms with Gasteiger partial charge in [-0.25, -0.2) is 23.0 Å². The Morgan fingerprint density at radius 2 is 1.57 bits per heavy atom. The first kappa shape index (κ1) is 27.9. The highest BCUT2D eigenvalue weighted by atomic mass is 32.2. The molecule has 1 aliphatic rings. The molecule has 1 saturated heterocycles. The fourth-order valence-corrected chi connectivity index (χ4v) is 5.21. The number of aromatic nitrogens is 2. The summed E-state index contributed by atoms with van der Waals surface area (Å²) >= 11 is 0. The minimum absolute atomic E-state index is 0.103. The van der Waals surface area contributed by atoms with Gasteiger partial charge in [-0.05, 0) is 62.4 Å². The van der Waals surface area contributed by atoms with Crippen LogP contribution in [0.5, 0.6) is 0 Å². The third kappa shape index (κ3) is 7.16. The van der Waals surface area contributed by atoms with Crippen molar-refractivity contribution in [2.24, 2.45) is 5.92 Å². The number of hydrogen-bond donors (Lipinski definition) is 2. The molecule has 2 N–H and O–H groups in total. The summed E-state index contributed by atoms with van der Waals surface area (Å²) in [4.78, 5) is 37.7. The molecule has 1 aromatic heterocycles. The molecule has 11 heteroatoms. The number of amides is 1. The molecule has 0 radical (unpaired) electrons. The molecule has 10 nitrogen and oxygen atoms in total. The summed E-state index contributed by atoms with van der Waals surface area (Å²) in [6, 6.07) is 14.9. The number of carboxylic acid groups (broad SMARTS) is 2. The number of imidazole rings is 1. The number of nitrogens with zero attached hydrogens (tertiary/aromatic N) is 3. The summed E-state index contributed by atoms with van der Waals surface area (Å²) in [6.45, 7) is 5.79.